The normalized spacial score (nSPS) is 10.7. The second-order valence-corrected chi connectivity index (χ2v) is 5.65. The Morgan fingerprint density at radius 3 is 2.95 bits per heavy atom. The van der Waals surface area contributed by atoms with Gasteiger partial charge in [-0.25, -0.2) is 0 Å². The second-order valence-electron chi connectivity index (χ2n) is 4.22. The molecule has 1 N–H and O–H groups in total. The smallest absolute Gasteiger partial charge is 0.262 e. The predicted molar refractivity (Wildman–Crippen MR) is 80.6 cm³/mol. The van der Waals surface area contributed by atoms with Crippen LogP contribution in [0.5, 0.6) is 5.75 Å². The molecule has 2 rings (SSSR count). The lowest BCUT2D eigenvalue weighted by Gasteiger charge is -2.02. The Hall–Kier alpha value is -1.26. The summed E-state index contributed by atoms with van der Waals surface area (Å²) in [6.07, 6.45) is 2.03. The van der Waals surface area contributed by atoms with Gasteiger partial charge in [-0.1, -0.05) is 24.9 Å². The highest BCUT2D eigenvalue weighted by atomic mass is 35.5. The lowest BCUT2D eigenvalue weighted by atomic mass is 10.2. The molecule has 0 radical (unpaired) electrons. The van der Waals surface area contributed by atoms with E-state index in [0.29, 0.717) is 16.4 Å². The van der Waals surface area contributed by atoms with Crippen molar-refractivity contribution < 1.29 is 9.53 Å². The third kappa shape index (κ3) is 3.01. The first-order valence-electron chi connectivity index (χ1n) is 6.21. The molecule has 1 aromatic carbocycles. The van der Waals surface area contributed by atoms with Crippen molar-refractivity contribution in [2.24, 2.45) is 0 Å². The van der Waals surface area contributed by atoms with Gasteiger partial charge in [0.05, 0.1) is 12.1 Å². The van der Waals surface area contributed by atoms with Gasteiger partial charge in [0.15, 0.2) is 0 Å². The highest BCUT2D eigenvalue weighted by Gasteiger charge is 2.17. The first kappa shape index (κ1) is 14.2. The van der Waals surface area contributed by atoms with Gasteiger partial charge in [0.25, 0.3) is 5.91 Å². The zero-order valence-electron chi connectivity index (χ0n) is 11.0. The van der Waals surface area contributed by atoms with Gasteiger partial charge in [0.1, 0.15) is 10.6 Å². The van der Waals surface area contributed by atoms with E-state index in [4.69, 9.17) is 16.3 Å². The molecule has 1 heterocycles. The number of hydrogen-bond donors (Lipinski definition) is 1. The summed E-state index contributed by atoms with van der Waals surface area (Å²) < 4.78 is 6.16. The van der Waals surface area contributed by atoms with Crippen LogP contribution in [0.15, 0.2) is 18.2 Å². The highest BCUT2D eigenvalue weighted by molar-refractivity contribution is 7.21. The molecule has 0 aliphatic rings. The minimum Gasteiger partial charge on any atom is -0.497 e. The van der Waals surface area contributed by atoms with Gasteiger partial charge in [-0.05, 0) is 24.6 Å². The van der Waals surface area contributed by atoms with Crippen LogP contribution >= 0.6 is 22.9 Å². The van der Waals surface area contributed by atoms with Gasteiger partial charge in [0, 0.05) is 16.6 Å². The summed E-state index contributed by atoms with van der Waals surface area (Å²) in [6, 6.07) is 5.65. The number of rotatable bonds is 5. The van der Waals surface area contributed by atoms with E-state index in [9.17, 15) is 4.79 Å². The molecule has 2 aromatic rings. The summed E-state index contributed by atoms with van der Waals surface area (Å²) >= 11 is 7.70. The largest absolute Gasteiger partial charge is 0.497 e. The van der Waals surface area contributed by atoms with Crippen molar-refractivity contribution in [3.63, 3.8) is 0 Å². The maximum absolute atomic E-state index is 12.0. The molecule has 0 fully saturated rings. The average Bonchev–Trinajstić information content (AvgIpc) is 2.76. The quantitative estimate of drug-likeness (QED) is 0.844. The van der Waals surface area contributed by atoms with Crippen LogP contribution in [0.25, 0.3) is 10.1 Å². The number of carbonyl (C=O) groups excluding carboxylic acids is 1. The van der Waals surface area contributed by atoms with Gasteiger partial charge < -0.3 is 10.1 Å². The summed E-state index contributed by atoms with van der Waals surface area (Å²) in [5, 5.41) is 4.26. The van der Waals surface area contributed by atoms with Gasteiger partial charge >= 0.3 is 0 Å². The fourth-order valence-electron chi connectivity index (χ4n) is 1.78. The molecule has 0 saturated carbocycles. The number of hydrogen-bond acceptors (Lipinski definition) is 3. The van der Waals surface area contributed by atoms with Crippen molar-refractivity contribution >= 4 is 38.9 Å². The van der Waals surface area contributed by atoms with Crippen LogP contribution in [-0.2, 0) is 0 Å². The monoisotopic (exact) mass is 297 g/mol. The van der Waals surface area contributed by atoms with Gasteiger partial charge in [0.2, 0.25) is 0 Å². The van der Waals surface area contributed by atoms with Crippen LogP contribution in [0, 0.1) is 0 Å². The zero-order chi connectivity index (χ0) is 13.8. The standard InChI is InChI=1S/C14H16ClNO2S/c1-3-4-7-16-14(17)13-12(15)10-8-9(18-2)5-6-11(10)19-13/h5-6,8H,3-4,7H2,1-2H3,(H,16,17). The van der Waals surface area contributed by atoms with Crippen molar-refractivity contribution in [1.82, 2.24) is 5.32 Å². The van der Waals surface area contributed by atoms with Crippen molar-refractivity contribution in [2.45, 2.75) is 19.8 Å². The van der Waals surface area contributed by atoms with E-state index in [1.807, 2.05) is 18.2 Å². The summed E-state index contributed by atoms with van der Waals surface area (Å²) in [5.41, 5.74) is 0. The van der Waals surface area contributed by atoms with Gasteiger partial charge in [-0.15, -0.1) is 11.3 Å². The van der Waals surface area contributed by atoms with Crippen molar-refractivity contribution in [2.75, 3.05) is 13.7 Å². The van der Waals surface area contributed by atoms with E-state index >= 15 is 0 Å². The number of fused-ring (bicyclic) bond motifs is 1. The van der Waals surface area contributed by atoms with E-state index in [1.165, 1.54) is 11.3 Å². The molecule has 0 spiro atoms. The highest BCUT2D eigenvalue weighted by Crippen LogP contribution is 2.37. The summed E-state index contributed by atoms with van der Waals surface area (Å²) in [7, 11) is 1.61. The third-order valence-corrected chi connectivity index (χ3v) is 4.53. The minimum atomic E-state index is -0.0985. The topological polar surface area (TPSA) is 38.3 Å². The lowest BCUT2D eigenvalue weighted by molar-refractivity contribution is 0.0957. The molecular formula is C14H16ClNO2S. The molecular weight excluding hydrogens is 282 g/mol. The first-order chi connectivity index (χ1) is 9.17. The molecule has 0 aliphatic carbocycles. The molecule has 102 valence electrons. The van der Waals surface area contributed by atoms with Crippen molar-refractivity contribution in [3.8, 4) is 5.75 Å². The number of nitrogens with one attached hydrogen (secondary N) is 1. The van der Waals surface area contributed by atoms with Crippen molar-refractivity contribution in [1.29, 1.82) is 0 Å². The number of ether oxygens (including phenoxy) is 1. The molecule has 3 nitrogen and oxygen atoms in total. The Kier molecular flexibility index (Phi) is 4.66. The molecule has 0 atom stereocenters. The molecule has 0 bridgehead atoms. The zero-order valence-corrected chi connectivity index (χ0v) is 12.5. The summed E-state index contributed by atoms with van der Waals surface area (Å²) in [5.74, 6) is 0.642. The molecule has 1 aromatic heterocycles. The summed E-state index contributed by atoms with van der Waals surface area (Å²) in [6.45, 7) is 2.77. The summed E-state index contributed by atoms with van der Waals surface area (Å²) in [4.78, 5) is 12.6. The number of benzene rings is 1. The number of amides is 1. The first-order valence-corrected chi connectivity index (χ1v) is 7.41. The van der Waals surface area contributed by atoms with Crippen LogP contribution in [0.2, 0.25) is 5.02 Å². The van der Waals surface area contributed by atoms with E-state index < -0.39 is 0 Å². The molecule has 0 aliphatic heterocycles. The number of methoxy groups -OCH3 is 1. The number of halogens is 1. The maximum atomic E-state index is 12.0. The van der Waals surface area contributed by atoms with E-state index in [1.54, 1.807) is 7.11 Å². The Balaban J connectivity index is 2.29. The Bertz CT molecular complexity index is 594. The number of unbranched alkanes of at least 4 members (excludes halogenated alkanes) is 1. The molecule has 1 amide bonds. The van der Waals surface area contributed by atoms with Crippen LogP contribution < -0.4 is 10.1 Å². The van der Waals surface area contributed by atoms with Crippen LogP contribution in [0.3, 0.4) is 0 Å². The Labute approximate surface area is 121 Å². The fraction of sp³-hybridized carbons (Fsp3) is 0.357. The van der Waals surface area contributed by atoms with E-state index in [-0.39, 0.29) is 5.91 Å². The van der Waals surface area contributed by atoms with E-state index in [2.05, 4.69) is 12.2 Å². The van der Waals surface area contributed by atoms with Crippen molar-refractivity contribution in [3.05, 3.63) is 28.1 Å². The lowest BCUT2D eigenvalue weighted by Crippen LogP contribution is -2.23. The molecule has 19 heavy (non-hydrogen) atoms. The van der Waals surface area contributed by atoms with Crippen LogP contribution in [0.1, 0.15) is 29.4 Å². The maximum Gasteiger partial charge on any atom is 0.262 e. The average molecular weight is 298 g/mol. The van der Waals surface area contributed by atoms with Gasteiger partial charge in [-0.2, -0.15) is 0 Å². The number of carbonyl (C=O) groups is 1. The molecule has 5 heteroatoms. The second kappa shape index (κ2) is 6.26. The SMILES string of the molecule is CCCCNC(=O)c1sc2ccc(OC)cc2c1Cl. The minimum absolute atomic E-state index is 0.0985. The Morgan fingerprint density at radius 2 is 2.26 bits per heavy atom. The third-order valence-electron chi connectivity index (χ3n) is 2.86. The van der Waals surface area contributed by atoms with Crippen LogP contribution in [0.4, 0.5) is 0 Å². The van der Waals surface area contributed by atoms with Gasteiger partial charge in [-0.3, -0.25) is 4.79 Å². The van der Waals surface area contributed by atoms with Crippen LogP contribution in [-0.4, -0.2) is 19.6 Å². The fourth-order valence-corrected chi connectivity index (χ4v) is 3.18. The Morgan fingerprint density at radius 1 is 1.47 bits per heavy atom. The predicted octanol–water partition coefficient (Wildman–Crippen LogP) is 4.09. The number of thiophene rings is 1. The molecule has 0 unspecified atom stereocenters. The molecule has 0 saturated heterocycles. The van der Waals surface area contributed by atoms with E-state index in [0.717, 1.165) is 28.7 Å².